The first kappa shape index (κ1) is 12.4. The van der Waals surface area contributed by atoms with E-state index in [4.69, 9.17) is 4.74 Å². The third-order valence-corrected chi connectivity index (χ3v) is 2.97. The number of fused-ring (bicyclic) bond motifs is 1. The predicted molar refractivity (Wildman–Crippen MR) is 73.6 cm³/mol. The van der Waals surface area contributed by atoms with E-state index in [9.17, 15) is 4.79 Å². The van der Waals surface area contributed by atoms with Crippen molar-refractivity contribution in [2.24, 2.45) is 5.92 Å². The van der Waals surface area contributed by atoms with Crippen molar-refractivity contribution in [3.8, 4) is 0 Å². The van der Waals surface area contributed by atoms with Crippen LogP contribution in [0.25, 0.3) is 10.8 Å². The molecule has 18 heavy (non-hydrogen) atoms. The minimum atomic E-state index is -0.191. The molecule has 2 aromatic carbocycles. The van der Waals surface area contributed by atoms with Crippen molar-refractivity contribution < 1.29 is 9.53 Å². The fraction of sp³-hybridized carbons (Fsp3) is 0.267. The third-order valence-electron chi connectivity index (χ3n) is 2.97. The Hall–Kier alpha value is -2.03. The van der Waals surface area contributed by atoms with Gasteiger partial charge in [-0.3, -0.25) is 4.79 Å². The highest BCUT2D eigenvalue weighted by Crippen LogP contribution is 2.19. The Kier molecular flexibility index (Phi) is 3.82. The minimum Gasteiger partial charge on any atom is -0.469 e. The van der Waals surface area contributed by atoms with Crippen LogP contribution < -0.4 is 5.32 Å². The number of esters is 1. The van der Waals surface area contributed by atoms with Crippen LogP contribution in [0.15, 0.2) is 42.5 Å². The summed E-state index contributed by atoms with van der Waals surface area (Å²) in [6.07, 6.45) is 0. The Bertz CT molecular complexity index is 551. The van der Waals surface area contributed by atoms with E-state index in [-0.39, 0.29) is 11.9 Å². The Morgan fingerprint density at radius 3 is 2.67 bits per heavy atom. The van der Waals surface area contributed by atoms with Crippen LogP contribution in [0.5, 0.6) is 0 Å². The molecule has 0 fully saturated rings. The average molecular weight is 243 g/mol. The molecule has 0 aromatic heterocycles. The maximum Gasteiger partial charge on any atom is 0.310 e. The van der Waals surface area contributed by atoms with Gasteiger partial charge in [-0.1, -0.05) is 37.3 Å². The summed E-state index contributed by atoms with van der Waals surface area (Å²) in [5.74, 6) is -0.343. The first-order valence-corrected chi connectivity index (χ1v) is 6.01. The van der Waals surface area contributed by atoms with Gasteiger partial charge in [0.15, 0.2) is 0 Å². The van der Waals surface area contributed by atoms with Gasteiger partial charge in [-0.2, -0.15) is 0 Å². The Morgan fingerprint density at radius 2 is 1.94 bits per heavy atom. The average Bonchev–Trinajstić information content (AvgIpc) is 2.43. The van der Waals surface area contributed by atoms with Crippen LogP contribution in [-0.2, 0) is 9.53 Å². The van der Waals surface area contributed by atoms with Crippen molar-refractivity contribution in [2.45, 2.75) is 6.92 Å². The normalized spacial score (nSPS) is 12.1. The van der Waals surface area contributed by atoms with Crippen LogP contribution in [0, 0.1) is 5.92 Å². The fourth-order valence-corrected chi connectivity index (χ4v) is 1.85. The fourth-order valence-electron chi connectivity index (χ4n) is 1.85. The van der Waals surface area contributed by atoms with E-state index in [1.54, 1.807) is 0 Å². The van der Waals surface area contributed by atoms with E-state index in [1.165, 1.54) is 17.9 Å². The molecular weight excluding hydrogens is 226 g/mol. The van der Waals surface area contributed by atoms with Gasteiger partial charge in [0.2, 0.25) is 0 Å². The van der Waals surface area contributed by atoms with Crippen LogP contribution in [0.4, 0.5) is 5.69 Å². The van der Waals surface area contributed by atoms with Gasteiger partial charge >= 0.3 is 5.97 Å². The van der Waals surface area contributed by atoms with Gasteiger partial charge in [0.25, 0.3) is 0 Å². The molecule has 2 rings (SSSR count). The van der Waals surface area contributed by atoms with Gasteiger partial charge in [-0.15, -0.1) is 0 Å². The van der Waals surface area contributed by atoms with Gasteiger partial charge < -0.3 is 10.1 Å². The molecule has 0 saturated heterocycles. The molecule has 3 nitrogen and oxygen atoms in total. The zero-order valence-corrected chi connectivity index (χ0v) is 10.6. The van der Waals surface area contributed by atoms with Crippen molar-refractivity contribution in [1.29, 1.82) is 0 Å². The van der Waals surface area contributed by atoms with Crippen molar-refractivity contribution in [2.75, 3.05) is 19.0 Å². The van der Waals surface area contributed by atoms with Crippen LogP contribution in [0.1, 0.15) is 6.92 Å². The Balaban J connectivity index is 2.06. The molecule has 0 aliphatic rings. The molecule has 0 bridgehead atoms. The molecule has 1 unspecified atom stereocenters. The van der Waals surface area contributed by atoms with E-state index in [0.717, 1.165) is 5.69 Å². The molecule has 3 heteroatoms. The van der Waals surface area contributed by atoms with Crippen LogP contribution in [0.3, 0.4) is 0 Å². The van der Waals surface area contributed by atoms with Gasteiger partial charge in [0, 0.05) is 12.2 Å². The number of carbonyl (C=O) groups excluding carboxylic acids is 1. The molecule has 1 atom stereocenters. The number of hydrogen-bond acceptors (Lipinski definition) is 3. The minimum absolute atomic E-state index is 0.151. The zero-order chi connectivity index (χ0) is 13.0. The molecule has 1 N–H and O–H groups in total. The van der Waals surface area contributed by atoms with Gasteiger partial charge in [-0.05, 0) is 22.9 Å². The first-order chi connectivity index (χ1) is 8.70. The summed E-state index contributed by atoms with van der Waals surface area (Å²) in [6, 6.07) is 14.4. The molecular formula is C15H17NO2. The second-order valence-corrected chi connectivity index (χ2v) is 4.37. The van der Waals surface area contributed by atoms with E-state index in [1.807, 2.05) is 25.1 Å². The highest BCUT2D eigenvalue weighted by atomic mass is 16.5. The molecule has 2 aromatic rings. The maximum absolute atomic E-state index is 11.3. The molecule has 0 saturated carbocycles. The Morgan fingerprint density at radius 1 is 1.22 bits per heavy atom. The SMILES string of the molecule is COC(=O)C(C)CNc1ccc2ccccc2c1. The summed E-state index contributed by atoms with van der Waals surface area (Å²) in [5, 5.41) is 5.65. The largest absolute Gasteiger partial charge is 0.469 e. The van der Waals surface area contributed by atoms with Gasteiger partial charge in [0.1, 0.15) is 0 Å². The van der Waals surface area contributed by atoms with E-state index in [0.29, 0.717) is 6.54 Å². The number of nitrogens with one attached hydrogen (secondary N) is 1. The van der Waals surface area contributed by atoms with E-state index < -0.39 is 0 Å². The van der Waals surface area contributed by atoms with Gasteiger partial charge in [0.05, 0.1) is 13.0 Å². The molecule has 0 aliphatic carbocycles. The van der Waals surface area contributed by atoms with Crippen molar-refractivity contribution >= 4 is 22.4 Å². The topological polar surface area (TPSA) is 38.3 Å². The highest BCUT2D eigenvalue weighted by Gasteiger charge is 2.12. The number of benzene rings is 2. The first-order valence-electron chi connectivity index (χ1n) is 6.01. The summed E-state index contributed by atoms with van der Waals surface area (Å²) in [5.41, 5.74) is 1.02. The molecule has 0 spiro atoms. The highest BCUT2D eigenvalue weighted by molar-refractivity contribution is 5.85. The van der Waals surface area contributed by atoms with E-state index >= 15 is 0 Å². The number of ether oxygens (including phenoxy) is 1. The van der Waals surface area contributed by atoms with Gasteiger partial charge in [-0.25, -0.2) is 0 Å². The number of carbonyl (C=O) groups is 1. The second-order valence-electron chi connectivity index (χ2n) is 4.37. The number of hydrogen-bond donors (Lipinski definition) is 1. The quantitative estimate of drug-likeness (QED) is 0.839. The molecule has 0 amide bonds. The van der Waals surface area contributed by atoms with Crippen LogP contribution >= 0.6 is 0 Å². The van der Waals surface area contributed by atoms with E-state index in [2.05, 4.69) is 29.6 Å². The van der Waals surface area contributed by atoms with Crippen LogP contribution in [0.2, 0.25) is 0 Å². The monoisotopic (exact) mass is 243 g/mol. The molecule has 0 heterocycles. The van der Waals surface area contributed by atoms with Crippen LogP contribution in [-0.4, -0.2) is 19.6 Å². The predicted octanol–water partition coefficient (Wildman–Crippen LogP) is 3.06. The lowest BCUT2D eigenvalue weighted by molar-refractivity contribution is -0.144. The van der Waals surface area contributed by atoms with Crippen molar-refractivity contribution in [1.82, 2.24) is 0 Å². The van der Waals surface area contributed by atoms with Crippen molar-refractivity contribution in [3.63, 3.8) is 0 Å². The summed E-state index contributed by atoms with van der Waals surface area (Å²) in [7, 11) is 1.41. The number of methoxy groups -OCH3 is 1. The molecule has 94 valence electrons. The standard InChI is InChI=1S/C15H17NO2/c1-11(15(17)18-2)10-16-14-8-7-12-5-3-4-6-13(12)9-14/h3-9,11,16H,10H2,1-2H3. The number of rotatable bonds is 4. The maximum atomic E-state index is 11.3. The summed E-state index contributed by atoms with van der Waals surface area (Å²) in [4.78, 5) is 11.3. The summed E-state index contributed by atoms with van der Waals surface area (Å²) in [6.45, 7) is 2.42. The summed E-state index contributed by atoms with van der Waals surface area (Å²) < 4.78 is 4.69. The van der Waals surface area contributed by atoms with Crippen molar-refractivity contribution in [3.05, 3.63) is 42.5 Å². The zero-order valence-electron chi connectivity index (χ0n) is 10.6. The Labute approximate surface area is 107 Å². The lowest BCUT2D eigenvalue weighted by atomic mass is 10.1. The molecule has 0 aliphatic heterocycles. The second kappa shape index (κ2) is 5.54. The third kappa shape index (κ3) is 2.80. The smallest absolute Gasteiger partial charge is 0.310 e. The summed E-state index contributed by atoms with van der Waals surface area (Å²) >= 11 is 0. The molecule has 0 radical (unpaired) electrons. The lowest BCUT2D eigenvalue weighted by Gasteiger charge is -2.12. The number of anilines is 1. The lowest BCUT2D eigenvalue weighted by Crippen LogP contribution is -2.21.